The molecule has 0 aliphatic heterocycles. The molecule has 0 unspecified atom stereocenters. The minimum atomic E-state index is 0.353. The Bertz CT molecular complexity index is 391. The third-order valence-electron chi connectivity index (χ3n) is 1.72. The summed E-state index contributed by atoms with van der Waals surface area (Å²) in [5.41, 5.74) is 1.58. The summed E-state index contributed by atoms with van der Waals surface area (Å²) < 4.78 is 1.96. The lowest BCUT2D eigenvalue weighted by Crippen LogP contribution is -2.00. The van der Waals surface area contributed by atoms with Crippen LogP contribution in [0, 0.1) is 0 Å². The fraction of sp³-hybridized carbons (Fsp3) is 0.429. The summed E-state index contributed by atoms with van der Waals surface area (Å²) >= 11 is 0. The molecule has 2 heterocycles. The van der Waals surface area contributed by atoms with Crippen LogP contribution in [-0.4, -0.2) is 25.0 Å². The minimum absolute atomic E-state index is 0.353. The van der Waals surface area contributed by atoms with Gasteiger partial charge in [-0.25, -0.2) is 4.98 Å². The SMILES string of the molecule is CC(C)n1cnc2cnnnc21. The van der Waals surface area contributed by atoms with Gasteiger partial charge in [0.05, 0.1) is 12.5 Å². The van der Waals surface area contributed by atoms with Gasteiger partial charge in [-0.1, -0.05) is 0 Å². The topological polar surface area (TPSA) is 56.5 Å². The van der Waals surface area contributed by atoms with E-state index in [-0.39, 0.29) is 0 Å². The van der Waals surface area contributed by atoms with Crippen molar-refractivity contribution in [2.45, 2.75) is 19.9 Å². The van der Waals surface area contributed by atoms with Crippen molar-refractivity contribution in [1.29, 1.82) is 0 Å². The van der Waals surface area contributed by atoms with E-state index < -0.39 is 0 Å². The molecule has 0 bridgehead atoms. The van der Waals surface area contributed by atoms with Crippen LogP contribution in [0.5, 0.6) is 0 Å². The molecule has 0 aliphatic carbocycles. The molecule has 0 fully saturated rings. The Labute approximate surface area is 69.4 Å². The highest BCUT2D eigenvalue weighted by atomic mass is 15.3. The number of fused-ring (bicyclic) bond motifs is 1. The molecule has 12 heavy (non-hydrogen) atoms. The van der Waals surface area contributed by atoms with Crippen LogP contribution in [0.1, 0.15) is 19.9 Å². The Balaban J connectivity index is 2.70. The molecule has 0 saturated carbocycles. The van der Waals surface area contributed by atoms with E-state index in [4.69, 9.17) is 0 Å². The largest absolute Gasteiger partial charge is 0.311 e. The Morgan fingerprint density at radius 2 is 2.25 bits per heavy atom. The molecule has 0 atom stereocenters. The van der Waals surface area contributed by atoms with E-state index in [1.165, 1.54) is 0 Å². The molecular formula is C7H9N5. The quantitative estimate of drug-likeness (QED) is 0.624. The fourth-order valence-electron chi connectivity index (χ4n) is 1.09. The van der Waals surface area contributed by atoms with E-state index in [1.807, 2.05) is 4.57 Å². The van der Waals surface area contributed by atoms with Crippen LogP contribution >= 0.6 is 0 Å². The average Bonchev–Trinajstić information content (AvgIpc) is 2.47. The van der Waals surface area contributed by atoms with Crippen molar-refractivity contribution in [3.8, 4) is 0 Å². The van der Waals surface area contributed by atoms with Gasteiger partial charge in [0.2, 0.25) is 0 Å². The maximum atomic E-state index is 4.14. The zero-order chi connectivity index (χ0) is 8.55. The van der Waals surface area contributed by atoms with Crippen molar-refractivity contribution >= 4 is 11.2 Å². The molecule has 0 aliphatic rings. The number of hydrogen-bond donors (Lipinski definition) is 0. The van der Waals surface area contributed by atoms with Crippen LogP contribution < -0.4 is 0 Å². The highest BCUT2D eigenvalue weighted by Crippen LogP contribution is 2.12. The Kier molecular flexibility index (Phi) is 1.49. The highest BCUT2D eigenvalue weighted by molar-refractivity contribution is 5.68. The fourth-order valence-corrected chi connectivity index (χ4v) is 1.09. The molecule has 0 N–H and O–H groups in total. The number of hydrogen-bond acceptors (Lipinski definition) is 4. The molecule has 0 spiro atoms. The highest BCUT2D eigenvalue weighted by Gasteiger charge is 2.05. The smallest absolute Gasteiger partial charge is 0.186 e. The summed E-state index contributed by atoms with van der Waals surface area (Å²) in [7, 11) is 0. The third kappa shape index (κ3) is 0.939. The monoisotopic (exact) mass is 163 g/mol. The van der Waals surface area contributed by atoms with Crippen molar-refractivity contribution < 1.29 is 0 Å². The van der Waals surface area contributed by atoms with Gasteiger partial charge in [-0.2, -0.15) is 0 Å². The first kappa shape index (κ1) is 7.15. The van der Waals surface area contributed by atoms with Gasteiger partial charge >= 0.3 is 0 Å². The summed E-state index contributed by atoms with van der Waals surface area (Å²) in [6, 6.07) is 0.353. The van der Waals surface area contributed by atoms with Crippen LogP contribution in [-0.2, 0) is 0 Å². The second-order valence-corrected chi connectivity index (χ2v) is 2.89. The molecule has 0 saturated heterocycles. The first-order chi connectivity index (χ1) is 5.79. The number of rotatable bonds is 1. The van der Waals surface area contributed by atoms with Crippen LogP contribution in [0.3, 0.4) is 0 Å². The summed E-state index contributed by atoms with van der Waals surface area (Å²) in [6.07, 6.45) is 3.37. The molecule has 62 valence electrons. The van der Waals surface area contributed by atoms with Crippen LogP contribution in [0.25, 0.3) is 11.2 Å². The molecule has 2 aromatic heterocycles. The maximum absolute atomic E-state index is 4.14. The van der Waals surface area contributed by atoms with Crippen LogP contribution in [0.2, 0.25) is 0 Å². The van der Waals surface area contributed by atoms with Gasteiger partial charge in [0.15, 0.2) is 5.65 Å². The normalized spacial score (nSPS) is 11.2. The van der Waals surface area contributed by atoms with E-state index in [1.54, 1.807) is 12.5 Å². The molecule has 0 radical (unpaired) electrons. The van der Waals surface area contributed by atoms with E-state index >= 15 is 0 Å². The van der Waals surface area contributed by atoms with E-state index in [2.05, 4.69) is 34.2 Å². The van der Waals surface area contributed by atoms with E-state index in [0.717, 1.165) is 11.2 Å². The van der Waals surface area contributed by atoms with Gasteiger partial charge in [0.25, 0.3) is 0 Å². The predicted octanol–water partition coefficient (Wildman–Crippen LogP) is 0.802. The van der Waals surface area contributed by atoms with E-state index in [9.17, 15) is 0 Å². The lowest BCUT2D eigenvalue weighted by Gasteiger charge is -2.04. The molecule has 0 amide bonds. The van der Waals surface area contributed by atoms with Crippen molar-refractivity contribution in [2.24, 2.45) is 0 Å². The lowest BCUT2D eigenvalue weighted by atomic mass is 10.4. The number of nitrogens with zero attached hydrogens (tertiary/aromatic N) is 5. The summed E-state index contributed by atoms with van der Waals surface area (Å²) in [5, 5.41) is 11.1. The Morgan fingerprint density at radius 3 is 3.00 bits per heavy atom. The molecular weight excluding hydrogens is 154 g/mol. The first-order valence-corrected chi connectivity index (χ1v) is 3.80. The minimum Gasteiger partial charge on any atom is -0.311 e. The standard InChI is InChI=1S/C7H9N5/c1-5(2)12-4-8-6-3-9-11-10-7(6)12/h3-5H,1-2H3. The first-order valence-electron chi connectivity index (χ1n) is 3.80. The Morgan fingerprint density at radius 1 is 1.42 bits per heavy atom. The van der Waals surface area contributed by atoms with Crippen molar-refractivity contribution in [1.82, 2.24) is 25.0 Å². The third-order valence-corrected chi connectivity index (χ3v) is 1.72. The van der Waals surface area contributed by atoms with Gasteiger partial charge in [0, 0.05) is 6.04 Å². The van der Waals surface area contributed by atoms with Crippen molar-refractivity contribution in [3.63, 3.8) is 0 Å². The second kappa shape index (κ2) is 2.51. The Hall–Kier alpha value is -1.52. The molecule has 0 aromatic carbocycles. The van der Waals surface area contributed by atoms with Crippen molar-refractivity contribution in [2.75, 3.05) is 0 Å². The zero-order valence-corrected chi connectivity index (χ0v) is 6.97. The maximum Gasteiger partial charge on any atom is 0.186 e. The average molecular weight is 163 g/mol. The van der Waals surface area contributed by atoms with Gasteiger partial charge in [-0.3, -0.25) is 0 Å². The van der Waals surface area contributed by atoms with Crippen LogP contribution in [0.15, 0.2) is 12.5 Å². The summed E-state index contributed by atoms with van der Waals surface area (Å²) in [4.78, 5) is 4.14. The zero-order valence-electron chi connectivity index (χ0n) is 6.97. The van der Waals surface area contributed by atoms with Gasteiger partial charge in [-0.15, -0.1) is 10.2 Å². The predicted molar refractivity (Wildman–Crippen MR) is 43.5 cm³/mol. The summed E-state index contributed by atoms with van der Waals surface area (Å²) in [6.45, 7) is 4.15. The molecule has 2 rings (SSSR count). The lowest BCUT2D eigenvalue weighted by molar-refractivity contribution is 0.608. The van der Waals surface area contributed by atoms with Crippen molar-refractivity contribution in [3.05, 3.63) is 12.5 Å². The van der Waals surface area contributed by atoms with Gasteiger partial charge in [0.1, 0.15) is 5.52 Å². The van der Waals surface area contributed by atoms with Gasteiger partial charge in [-0.05, 0) is 19.1 Å². The second-order valence-electron chi connectivity index (χ2n) is 2.89. The summed E-state index contributed by atoms with van der Waals surface area (Å²) in [5.74, 6) is 0. The number of imidazole rings is 1. The molecule has 5 heteroatoms. The van der Waals surface area contributed by atoms with Gasteiger partial charge < -0.3 is 4.57 Å². The van der Waals surface area contributed by atoms with E-state index in [0.29, 0.717) is 6.04 Å². The number of aromatic nitrogens is 5. The molecule has 2 aromatic rings. The molecule has 5 nitrogen and oxygen atoms in total. The van der Waals surface area contributed by atoms with Crippen LogP contribution in [0.4, 0.5) is 0 Å².